The molecule has 0 spiro atoms. The third-order valence-electron chi connectivity index (χ3n) is 3.25. The Morgan fingerprint density at radius 2 is 1.61 bits per heavy atom. The molecule has 5 nitrogen and oxygen atoms in total. The van der Waals surface area contributed by atoms with Gasteiger partial charge in [-0.15, -0.1) is 0 Å². The van der Waals surface area contributed by atoms with Gasteiger partial charge in [-0.3, -0.25) is 4.79 Å². The van der Waals surface area contributed by atoms with Crippen LogP contribution in [0.5, 0.6) is 0 Å². The molecule has 1 aromatic rings. The fourth-order valence-corrected chi connectivity index (χ4v) is 2.09. The Morgan fingerprint density at radius 3 is 2.00 bits per heavy atom. The molecule has 0 fully saturated rings. The quantitative estimate of drug-likeness (QED) is 0.878. The molecule has 2 N–H and O–H groups in total. The van der Waals surface area contributed by atoms with E-state index in [1.54, 1.807) is 20.8 Å². The molecule has 5 heteroatoms. The molecule has 1 rings (SSSR count). The number of nitrogens with one attached hydrogen (secondary N) is 1. The Kier molecular flexibility index (Phi) is 5.81. The number of rotatable bonds is 4. The minimum Gasteiger partial charge on any atom is -0.481 e. The molecule has 0 aliphatic heterocycles. The Morgan fingerprint density at radius 1 is 1.09 bits per heavy atom. The van der Waals surface area contributed by atoms with E-state index in [0.29, 0.717) is 0 Å². The molecular weight excluding hydrogens is 294 g/mol. The average molecular weight is 321 g/mol. The molecule has 0 saturated carbocycles. The van der Waals surface area contributed by atoms with Crippen LogP contribution in [0.2, 0.25) is 0 Å². The van der Waals surface area contributed by atoms with Gasteiger partial charge in [-0.05, 0) is 37.3 Å². The van der Waals surface area contributed by atoms with Crippen molar-refractivity contribution in [3.05, 3.63) is 35.4 Å². The van der Waals surface area contributed by atoms with E-state index in [0.717, 1.165) is 11.1 Å². The van der Waals surface area contributed by atoms with Crippen LogP contribution in [0.25, 0.3) is 0 Å². The SMILES string of the molecule is CC(C)(C)OC(=O)N[C@@H](CC(=O)O)c1ccc(C(C)(C)C)cc1. The average Bonchev–Trinajstić information content (AvgIpc) is 2.34. The van der Waals surface area contributed by atoms with Gasteiger partial charge in [0.05, 0.1) is 12.5 Å². The molecule has 0 radical (unpaired) electrons. The van der Waals surface area contributed by atoms with E-state index in [9.17, 15) is 9.59 Å². The molecule has 1 amide bonds. The topological polar surface area (TPSA) is 75.6 Å². The zero-order valence-corrected chi connectivity index (χ0v) is 14.8. The number of carboxylic acid groups (broad SMARTS) is 1. The van der Waals surface area contributed by atoms with Crippen molar-refractivity contribution in [1.82, 2.24) is 5.32 Å². The number of hydrogen-bond acceptors (Lipinski definition) is 3. The van der Waals surface area contributed by atoms with E-state index >= 15 is 0 Å². The van der Waals surface area contributed by atoms with E-state index in [-0.39, 0.29) is 11.8 Å². The number of hydrogen-bond donors (Lipinski definition) is 2. The van der Waals surface area contributed by atoms with Crippen molar-refractivity contribution in [2.24, 2.45) is 0 Å². The summed E-state index contributed by atoms with van der Waals surface area (Å²) >= 11 is 0. The summed E-state index contributed by atoms with van der Waals surface area (Å²) < 4.78 is 5.21. The summed E-state index contributed by atoms with van der Waals surface area (Å²) in [6, 6.07) is 7.00. The fourth-order valence-electron chi connectivity index (χ4n) is 2.09. The maximum Gasteiger partial charge on any atom is 0.408 e. The third-order valence-corrected chi connectivity index (χ3v) is 3.25. The van der Waals surface area contributed by atoms with Gasteiger partial charge in [0.2, 0.25) is 0 Å². The number of benzene rings is 1. The summed E-state index contributed by atoms with van der Waals surface area (Å²) in [4.78, 5) is 23.0. The van der Waals surface area contributed by atoms with Gasteiger partial charge in [0, 0.05) is 0 Å². The number of carbonyl (C=O) groups is 2. The summed E-state index contributed by atoms with van der Waals surface area (Å²) in [5, 5.41) is 11.7. The third kappa shape index (κ3) is 6.72. The highest BCUT2D eigenvalue weighted by Crippen LogP contribution is 2.25. The van der Waals surface area contributed by atoms with Crippen molar-refractivity contribution in [1.29, 1.82) is 0 Å². The van der Waals surface area contributed by atoms with Gasteiger partial charge < -0.3 is 15.2 Å². The second kappa shape index (κ2) is 7.02. The molecule has 0 aliphatic carbocycles. The van der Waals surface area contributed by atoms with Gasteiger partial charge in [0.1, 0.15) is 5.60 Å². The van der Waals surface area contributed by atoms with Gasteiger partial charge in [0.15, 0.2) is 0 Å². The molecule has 0 aliphatic rings. The number of aliphatic carboxylic acids is 1. The molecule has 1 aromatic carbocycles. The van der Waals surface area contributed by atoms with Crippen molar-refractivity contribution in [2.75, 3.05) is 0 Å². The summed E-state index contributed by atoms with van der Waals surface area (Å²) in [7, 11) is 0. The first kappa shape index (κ1) is 19.0. The Bertz CT molecular complexity index is 550. The smallest absolute Gasteiger partial charge is 0.408 e. The molecule has 23 heavy (non-hydrogen) atoms. The summed E-state index contributed by atoms with van der Waals surface area (Å²) in [5.41, 5.74) is 1.27. The largest absolute Gasteiger partial charge is 0.481 e. The van der Waals surface area contributed by atoms with Gasteiger partial charge in [0.25, 0.3) is 0 Å². The maximum absolute atomic E-state index is 11.9. The lowest BCUT2D eigenvalue weighted by atomic mass is 9.86. The zero-order chi connectivity index (χ0) is 17.8. The molecule has 0 saturated heterocycles. The highest BCUT2D eigenvalue weighted by Gasteiger charge is 2.23. The monoisotopic (exact) mass is 321 g/mol. The summed E-state index contributed by atoms with van der Waals surface area (Å²) in [6.07, 6.45) is -0.822. The second-order valence-electron chi connectivity index (χ2n) is 7.67. The number of ether oxygens (including phenoxy) is 1. The van der Waals surface area contributed by atoms with Crippen LogP contribution in [0.4, 0.5) is 4.79 Å². The molecule has 128 valence electrons. The van der Waals surface area contributed by atoms with E-state index in [1.807, 2.05) is 24.3 Å². The van der Waals surface area contributed by atoms with Gasteiger partial charge in [-0.1, -0.05) is 45.0 Å². The number of alkyl carbamates (subject to hydrolysis) is 1. The van der Waals surface area contributed by atoms with Crippen LogP contribution in [-0.2, 0) is 14.9 Å². The highest BCUT2D eigenvalue weighted by atomic mass is 16.6. The lowest BCUT2D eigenvalue weighted by Crippen LogP contribution is -2.35. The van der Waals surface area contributed by atoms with Crippen LogP contribution in [0.3, 0.4) is 0 Å². The van der Waals surface area contributed by atoms with E-state index in [1.165, 1.54) is 0 Å². The van der Waals surface area contributed by atoms with Crippen LogP contribution in [0, 0.1) is 0 Å². The fraction of sp³-hybridized carbons (Fsp3) is 0.556. The van der Waals surface area contributed by atoms with Crippen LogP contribution in [0.15, 0.2) is 24.3 Å². The van der Waals surface area contributed by atoms with Crippen molar-refractivity contribution in [2.45, 2.75) is 65.0 Å². The van der Waals surface area contributed by atoms with Crippen molar-refractivity contribution in [3.8, 4) is 0 Å². The lowest BCUT2D eigenvalue weighted by molar-refractivity contribution is -0.137. The van der Waals surface area contributed by atoms with E-state index in [2.05, 4.69) is 26.1 Å². The number of amides is 1. The summed E-state index contributed by atoms with van der Waals surface area (Å²) in [5.74, 6) is -0.981. The molecular formula is C18H27NO4. The van der Waals surface area contributed by atoms with Crippen LogP contribution >= 0.6 is 0 Å². The van der Waals surface area contributed by atoms with Gasteiger partial charge in [-0.25, -0.2) is 4.79 Å². The standard InChI is InChI=1S/C18H27NO4/c1-17(2,3)13-9-7-12(8-10-13)14(11-15(20)21)19-16(22)23-18(4,5)6/h7-10,14H,11H2,1-6H3,(H,19,22)(H,20,21)/t14-/m0/s1. The Hall–Kier alpha value is -2.04. The van der Waals surface area contributed by atoms with Crippen molar-refractivity contribution in [3.63, 3.8) is 0 Å². The zero-order valence-electron chi connectivity index (χ0n) is 14.8. The molecule has 0 heterocycles. The highest BCUT2D eigenvalue weighted by molar-refractivity contribution is 5.72. The van der Waals surface area contributed by atoms with Gasteiger partial charge in [-0.2, -0.15) is 0 Å². The number of carbonyl (C=O) groups excluding carboxylic acids is 1. The number of carboxylic acids is 1. The summed E-state index contributed by atoms with van der Waals surface area (Å²) in [6.45, 7) is 11.6. The normalized spacial score (nSPS) is 13.3. The first-order valence-electron chi connectivity index (χ1n) is 7.70. The molecule has 0 unspecified atom stereocenters. The van der Waals surface area contributed by atoms with Crippen molar-refractivity contribution >= 4 is 12.1 Å². The lowest BCUT2D eigenvalue weighted by Gasteiger charge is -2.24. The van der Waals surface area contributed by atoms with Crippen LogP contribution in [0.1, 0.15) is 65.1 Å². The van der Waals surface area contributed by atoms with Crippen LogP contribution < -0.4 is 5.32 Å². The van der Waals surface area contributed by atoms with Crippen LogP contribution in [-0.4, -0.2) is 22.8 Å². The van der Waals surface area contributed by atoms with Crippen molar-refractivity contribution < 1.29 is 19.4 Å². The van der Waals surface area contributed by atoms with Gasteiger partial charge >= 0.3 is 12.1 Å². The van der Waals surface area contributed by atoms with E-state index in [4.69, 9.17) is 9.84 Å². The Balaban J connectivity index is 2.94. The molecule has 0 bridgehead atoms. The molecule has 1 atom stereocenters. The minimum absolute atomic E-state index is 0.0133. The Labute approximate surface area is 138 Å². The predicted molar refractivity (Wildman–Crippen MR) is 89.5 cm³/mol. The predicted octanol–water partition coefficient (Wildman–Crippen LogP) is 4.02. The first-order chi connectivity index (χ1) is 10.4. The second-order valence-corrected chi connectivity index (χ2v) is 7.67. The molecule has 0 aromatic heterocycles. The minimum atomic E-state index is -0.981. The maximum atomic E-state index is 11.9. The first-order valence-corrected chi connectivity index (χ1v) is 7.70. The van der Waals surface area contributed by atoms with E-state index < -0.39 is 23.7 Å².